The topological polar surface area (TPSA) is 29.5 Å². The number of aliphatic hydroxyl groups excluding tert-OH is 1. The molecule has 0 aliphatic heterocycles. The minimum atomic E-state index is -0.433. The highest BCUT2D eigenvalue weighted by Gasteiger charge is 2.15. The lowest BCUT2D eigenvalue weighted by Crippen LogP contribution is -2.14. The van der Waals surface area contributed by atoms with Crippen molar-refractivity contribution in [2.45, 2.75) is 32.3 Å². The fraction of sp³-hybridized carbons (Fsp3) is 0.500. The van der Waals surface area contributed by atoms with E-state index in [-0.39, 0.29) is 17.5 Å². The summed E-state index contributed by atoms with van der Waals surface area (Å²) in [4.78, 5) is 0. The second kappa shape index (κ2) is 5.12. The molecule has 0 aliphatic rings. The van der Waals surface area contributed by atoms with Crippen LogP contribution in [-0.4, -0.2) is 18.3 Å². The zero-order chi connectivity index (χ0) is 11.4. The summed E-state index contributed by atoms with van der Waals surface area (Å²) >= 11 is 0. The van der Waals surface area contributed by atoms with E-state index in [9.17, 15) is 9.50 Å². The van der Waals surface area contributed by atoms with Crippen molar-refractivity contribution in [3.8, 4) is 5.75 Å². The van der Waals surface area contributed by atoms with Crippen LogP contribution < -0.4 is 4.74 Å². The third-order valence-corrected chi connectivity index (χ3v) is 2.70. The molecule has 2 unspecified atom stereocenters. The van der Waals surface area contributed by atoms with E-state index in [2.05, 4.69) is 0 Å². The largest absolute Gasteiger partial charge is 0.494 e. The standard InChI is InChI=1S/C12H17FO2/c1-4-11(14)8(2)9-5-6-12(15-3)10(13)7-9/h5-8,11,14H,4H2,1-3H3. The second-order valence-electron chi connectivity index (χ2n) is 3.66. The number of halogens is 1. The highest BCUT2D eigenvalue weighted by atomic mass is 19.1. The van der Waals surface area contributed by atoms with E-state index in [1.807, 2.05) is 13.8 Å². The Bertz CT molecular complexity index is 325. The van der Waals surface area contributed by atoms with Crippen LogP contribution in [0.4, 0.5) is 4.39 Å². The van der Waals surface area contributed by atoms with Gasteiger partial charge in [-0.1, -0.05) is 19.9 Å². The molecule has 15 heavy (non-hydrogen) atoms. The molecule has 1 N–H and O–H groups in total. The van der Waals surface area contributed by atoms with Gasteiger partial charge in [0.15, 0.2) is 11.6 Å². The van der Waals surface area contributed by atoms with E-state index in [4.69, 9.17) is 4.74 Å². The number of hydrogen-bond acceptors (Lipinski definition) is 2. The Labute approximate surface area is 89.7 Å². The molecular weight excluding hydrogens is 195 g/mol. The monoisotopic (exact) mass is 212 g/mol. The van der Waals surface area contributed by atoms with Gasteiger partial charge in [0, 0.05) is 5.92 Å². The fourth-order valence-electron chi connectivity index (χ4n) is 1.54. The van der Waals surface area contributed by atoms with E-state index >= 15 is 0 Å². The minimum absolute atomic E-state index is 0.0598. The smallest absolute Gasteiger partial charge is 0.165 e. The SMILES string of the molecule is CCC(O)C(C)c1ccc(OC)c(F)c1. The van der Waals surface area contributed by atoms with Crippen LogP contribution >= 0.6 is 0 Å². The van der Waals surface area contributed by atoms with Crippen LogP contribution in [0.2, 0.25) is 0 Å². The van der Waals surface area contributed by atoms with Crippen LogP contribution in [0.25, 0.3) is 0 Å². The summed E-state index contributed by atoms with van der Waals surface area (Å²) in [5, 5.41) is 9.64. The molecule has 0 spiro atoms. The van der Waals surface area contributed by atoms with Crippen molar-refractivity contribution in [2.24, 2.45) is 0 Å². The molecule has 0 aromatic heterocycles. The zero-order valence-corrected chi connectivity index (χ0v) is 9.33. The number of methoxy groups -OCH3 is 1. The molecule has 3 heteroatoms. The highest BCUT2D eigenvalue weighted by Crippen LogP contribution is 2.25. The first-order valence-electron chi connectivity index (χ1n) is 5.11. The Kier molecular flexibility index (Phi) is 4.09. The third-order valence-electron chi connectivity index (χ3n) is 2.70. The molecule has 0 radical (unpaired) electrons. The Morgan fingerprint density at radius 3 is 2.60 bits per heavy atom. The van der Waals surface area contributed by atoms with E-state index in [0.29, 0.717) is 6.42 Å². The molecule has 84 valence electrons. The van der Waals surface area contributed by atoms with Crippen LogP contribution in [-0.2, 0) is 0 Å². The molecule has 0 saturated heterocycles. The van der Waals surface area contributed by atoms with Crippen molar-refractivity contribution < 1.29 is 14.2 Å². The Balaban J connectivity index is 2.92. The molecule has 0 bridgehead atoms. The molecule has 0 saturated carbocycles. The molecule has 0 fully saturated rings. The van der Waals surface area contributed by atoms with E-state index in [0.717, 1.165) is 5.56 Å². The lowest BCUT2D eigenvalue weighted by atomic mass is 9.94. The molecule has 0 heterocycles. The van der Waals surface area contributed by atoms with Crippen molar-refractivity contribution in [3.63, 3.8) is 0 Å². The van der Waals surface area contributed by atoms with Gasteiger partial charge < -0.3 is 9.84 Å². The number of benzene rings is 1. The van der Waals surface area contributed by atoms with Gasteiger partial charge in [-0.2, -0.15) is 0 Å². The van der Waals surface area contributed by atoms with Crippen LogP contribution in [0.15, 0.2) is 18.2 Å². The highest BCUT2D eigenvalue weighted by molar-refractivity contribution is 5.31. The Morgan fingerprint density at radius 1 is 1.47 bits per heavy atom. The maximum absolute atomic E-state index is 13.4. The van der Waals surface area contributed by atoms with Gasteiger partial charge >= 0.3 is 0 Å². The van der Waals surface area contributed by atoms with E-state index < -0.39 is 6.10 Å². The van der Waals surface area contributed by atoms with Crippen molar-refractivity contribution in [1.29, 1.82) is 0 Å². The number of hydrogen-bond donors (Lipinski definition) is 1. The fourth-order valence-corrected chi connectivity index (χ4v) is 1.54. The molecule has 0 amide bonds. The predicted octanol–water partition coefficient (Wildman–Crippen LogP) is 2.71. The van der Waals surface area contributed by atoms with Gasteiger partial charge in [0.25, 0.3) is 0 Å². The van der Waals surface area contributed by atoms with Crippen molar-refractivity contribution in [1.82, 2.24) is 0 Å². The molecule has 1 aromatic rings. The average Bonchev–Trinajstić information content (AvgIpc) is 2.26. The summed E-state index contributed by atoms with van der Waals surface area (Å²) in [5.41, 5.74) is 0.794. The molecular formula is C12H17FO2. The number of ether oxygens (including phenoxy) is 1. The van der Waals surface area contributed by atoms with Gasteiger partial charge in [-0.15, -0.1) is 0 Å². The van der Waals surface area contributed by atoms with Crippen LogP contribution in [0, 0.1) is 5.82 Å². The van der Waals surface area contributed by atoms with Gasteiger partial charge in [0.1, 0.15) is 0 Å². The quantitative estimate of drug-likeness (QED) is 0.831. The minimum Gasteiger partial charge on any atom is -0.494 e. The van der Waals surface area contributed by atoms with Crippen LogP contribution in [0.1, 0.15) is 31.7 Å². The summed E-state index contributed by atoms with van der Waals surface area (Å²) < 4.78 is 18.2. The number of rotatable bonds is 4. The van der Waals surface area contributed by atoms with Crippen molar-refractivity contribution in [3.05, 3.63) is 29.6 Å². The van der Waals surface area contributed by atoms with Crippen molar-refractivity contribution >= 4 is 0 Å². The first kappa shape index (κ1) is 12.0. The van der Waals surface area contributed by atoms with Gasteiger partial charge in [0.2, 0.25) is 0 Å². The lowest BCUT2D eigenvalue weighted by Gasteiger charge is -2.18. The molecule has 0 aliphatic carbocycles. The molecule has 2 nitrogen and oxygen atoms in total. The Morgan fingerprint density at radius 2 is 2.13 bits per heavy atom. The van der Waals surface area contributed by atoms with Gasteiger partial charge in [-0.05, 0) is 24.1 Å². The van der Waals surface area contributed by atoms with Crippen LogP contribution in [0.5, 0.6) is 5.75 Å². The lowest BCUT2D eigenvalue weighted by molar-refractivity contribution is 0.145. The zero-order valence-electron chi connectivity index (χ0n) is 9.33. The summed E-state index contributed by atoms with van der Waals surface area (Å²) in [6.45, 7) is 3.79. The maximum Gasteiger partial charge on any atom is 0.165 e. The van der Waals surface area contributed by atoms with Gasteiger partial charge in [-0.25, -0.2) is 4.39 Å². The normalized spacial score (nSPS) is 14.7. The molecule has 1 aromatic carbocycles. The van der Waals surface area contributed by atoms with Crippen LogP contribution in [0.3, 0.4) is 0 Å². The maximum atomic E-state index is 13.4. The first-order chi connectivity index (χ1) is 7.10. The van der Waals surface area contributed by atoms with Crippen molar-refractivity contribution in [2.75, 3.05) is 7.11 Å². The summed E-state index contributed by atoms with van der Waals surface area (Å²) in [6, 6.07) is 4.79. The van der Waals surface area contributed by atoms with E-state index in [1.54, 1.807) is 12.1 Å². The average molecular weight is 212 g/mol. The van der Waals surface area contributed by atoms with E-state index in [1.165, 1.54) is 13.2 Å². The molecule has 2 atom stereocenters. The number of aliphatic hydroxyl groups is 1. The summed E-state index contributed by atoms with van der Waals surface area (Å²) in [7, 11) is 1.43. The van der Waals surface area contributed by atoms with Gasteiger partial charge in [0.05, 0.1) is 13.2 Å². The Hall–Kier alpha value is -1.09. The molecule has 1 rings (SSSR count). The summed E-state index contributed by atoms with van der Waals surface area (Å²) in [5.74, 6) is -0.211. The second-order valence-corrected chi connectivity index (χ2v) is 3.66. The summed E-state index contributed by atoms with van der Waals surface area (Å²) in [6.07, 6.45) is 0.229. The van der Waals surface area contributed by atoms with Gasteiger partial charge in [-0.3, -0.25) is 0 Å². The predicted molar refractivity (Wildman–Crippen MR) is 57.7 cm³/mol. The first-order valence-corrected chi connectivity index (χ1v) is 5.11. The third kappa shape index (κ3) is 2.69.